The van der Waals surface area contributed by atoms with Crippen LogP contribution in [0.2, 0.25) is 0 Å². The highest BCUT2D eigenvalue weighted by Gasteiger charge is 2.28. The Morgan fingerprint density at radius 2 is 2.00 bits per heavy atom. The van der Waals surface area contributed by atoms with E-state index in [4.69, 9.17) is 16.2 Å². The quantitative estimate of drug-likeness (QED) is 0.420. The van der Waals surface area contributed by atoms with E-state index in [1.165, 1.54) is 23.9 Å². The maximum atomic E-state index is 12.2. The topological polar surface area (TPSA) is 171 Å². The number of aromatic nitrogens is 1. The van der Waals surface area contributed by atoms with Gasteiger partial charge in [0, 0.05) is 31.3 Å². The van der Waals surface area contributed by atoms with Crippen LogP contribution < -0.4 is 16.4 Å². The lowest BCUT2D eigenvalue weighted by molar-refractivity contribution is -0.384. The van der Waals surface area contributed by atoms with Gasteiger partial charge >= 0.3 is 5.97 Å². The third-order valence-corrected chi connectivity index (χ3v) is 5.22. The molecule has 0 saturated carbocycles. The first-order chi connectivity index (χ1) is 14.3. The minimum atomic E-state index is -0.769. The molecule has 0 radical (unpaired) electrons. The fourth-order valence-corrected chi connectivity index (χ4v) is 3.60. The van der Waals surface area contributed by atoms with Gasteiger partial charge in [-0.3, -0.25) is 14.9 Å². The number of anilines is 2. The molecular formula is C19H20N6O5. The molecule has 1 aromatic heterocycles. The standard InChI is InChI=1S/C19H20N6O5/c1-30-19(27)17-16(21)12(9-20)10-24(17)13-2-3-14(15(8-13)25(28)29)23-6-4-11(5-7-23)18(22)26/h2-3,8,10-11H,4-7,21H2,1H3,(H2,22,26). The Hall–Kier alpha value is -4.07. The number of hydrogen-bond acceptors (Lipinski definition) is 8. The zero-order chi connectivity index (χ0) is 22.0. The van der Waals surface area contributed by atoms with Crippen LogP contribution in [0, 0.1) is 27.4 Å². The molecule has 1 aliphatic heterocycles. The number of nitrogens with two attached hydrogens (primary N) is 2. The summed E-state index contributed by atoms with van der Waals surface area (Å²) in [6.45, 7) is 0.909. The van der Waals surface area contributed by atoms with Gasteiger partial charge in [0.1, 0.15) is 11.8 Å². The fraction of sp³-hybridized carbons (Fsp3) is 0.316. The molecule has 4 N–H and O–H groups in total. The number of esters is 1. The van der Waals surface area contributed by atoms with Gasteiger partial charge in [0.25, 0.3) is 5.69 Å². The average Bonchev–Trinajstić information content (AvgIpc) is 3.09. The maximum Gasteiger partial charge on any atom is 0.357 e. The molecule has 0 atom stereocenters. The van der Waals surface area contributed by atoms with Crippen LogP contribution in [0.5, 0.6) is 0 Å². The third kappa shape index (κ3) is 3.62. The lowest BCUT2D eigenvalue weighted by atomic mass is 9.96. The van der Waals surface area contributed by atoms with Crippen molar-refractivity contribution in [3.63, 3.8) is 0 Å². The van der Waals surface area contributed by atoms with Gasteiger partial charge in [-0.05, 0) is 25.0 Å². The second kappa shape index (κ2) is 8.12. The maximum absolute atomic E-state index is 12.2. The summed E-state index contributed by atoms with van der Waals surface area (Å²) in [5, 5.41) is 21.0. The Morgan fingerprint density at radius 1 is 1.33 bits per heavy atom. The molecule has 0 bridgehead atoms. The highest BCUT2D eigenvalue weighted by atomic mass is 16.6. The SMILES string of the molecule is COC(=O)c1c(N)c(C#N)cn1-c1ccc(N2CCC(C(N)=O)CC2)c([N+](=O)[O-])c1. The van der Waals surface area contributed by atoms with E-state index in [1.54, 1.807) is 12.1 Å². The molecule has 11 nitrogen and oxygen atoms in total. The van der Waals surface area contributed by atoms with Crippen molar-refractivity contribution in [2.24, 2.45) is 11.7 Å². The van der Waals surface area contributed by atoms with Gasteiger partial charge in [-0.2, -0.15) is 5.26 Å². The number of piperidine rings is 1. The molecule has 156 valence electrons. The Bertz CT molecular complexity index is 1060. The second-order valence-electron chi connectivity index (χ2n) is 6.87. The van der Waals surface area contributed by atoms with Gasteiger partial charge in [-0.1, -0.05) is 0 Å². The summed E-state index contributed by atoms with van der Waals surface area (Å²) >= 11 is 0. The summed E-state index contributed by atoms with van der Waals surface area (Å²) in [6.07, 6.45) is 2.36. The Labute approximate surface area is 171 Å². The minimum absolute atomic E-state index is 0.0515. The predicted molar refractivity (Wildman–Crippen MR) is 107 cm³/mol. The fourth-order valence-electron chi connectivity index (χ4n) is 3.60. The number of carbonyl (C=O) groups is 2. The smallest absolute Gasteiger partial charge is 0.357 e. The normalized spacial score (nSPS) is 14.2. The van der Waals surface area contributed by atoms with E-state index in [1.807, 2.05) is 11.0 Å². The van der Waals surface area contributed by atoms with Crippen LogP contribution >= 0.6 is 0 Å². The molecule has 0 unspecified atom stereocenters. The number of benzene rings is 1. The summed E-state index contributed by atoms with van der Waals surface area (Å²) in [6, 6.07) is 6.36. The number of primary amides is 1. The molecule has 0 aliphatic carbocycles. The lowest BCUT2D eigenvalue weighted by Gasteiger charge is -2.32. The first-order valence-electron chi connectivity index (χ1n) is 9.10. The number of methoxy groups -OCH3 is 1. The predicted octanol–water partition coefficient (Wildman–Crippen LogP) is 1.33. The van der Waals surface area contributed by atoms with Crippen LogP contribution in [0.15, 0.2) is 24.4 Å². The molecule has 1 fully saturated rings. The minimum Gasteiger partial charge on any atom is -0.464 e. The van der Waals surface area contributed by atoms with Gasteiger partial charge in [0.05, 0.1) is 29.0 Å². The van der Waals surface area contributed by atoms with Gasteiger partial charge in [0.2, 0.25) is 5.91 Å². The summed E-state index contributed by atoms with van der Waals surface area (Å²) in [7, 11) is 1.17. The van der Waals surface area contributed by atoms with E-state index in [0.29, 0.717) is 31.6 Å². The van der Waals surface area contributed by atoms with Gasteiger partial charge < -0.3 is 25.7 Å². The number of hydrogen-bond donors (Lipinski definition) is 2. The molecule has 1 aromatic carbocycles. The number of rotatable bonds is 5. The van der Waals surface area contributed by atoms with E-state index in [2.05, 4.69) is 0 Å². The number of ether oxygens (including phenoxy) is 1. The van der Waals surface area contributed by atoms with Crippen LogP contribution in [0.1, 0.15) is 28.9 Å². The zero-order valence-electron chi connectivity index (χ0n) is 16.2. The molecule has 1 amide bonds. The first-order valence-corrected chi connectivity index (χ1v) is 9.10. The zero-order valence-corrected chi connectivity index (χ0v) is 16.2. The number of nitro benzene ring substituents is 1. The van der Waals surface area contributed by atoms with E-state index in [9.17, 15) is 25.0 Å². The lowest BCUT2D eigenvalue weighted by Crippen LogP contribution is -2.38. The van der Waals surface area contributed by atoms with Crippen molar-refractivity contribution < 1.29 is 19.2 Å². The molecule has 1 aliphatic rings. The molecule has 11 heteroatoms. The number of carbonyl (C=O) groups excluding carboxylic acids is 2. The first kappa shape index (κ1) is 20.7. The molecule has 1 saturated heterocycles. The highest BCUT2D eigenvalue weighted by molar-refractivity contribution is 5.96. The van der Waals surface area contributed by atoms with Crippen molar-refractivity contribution in [2.45, 2.75) is 12.8 Å². The van der Waals surface area contributed by atoms with Crippen molar-refractivity contribution in [2.75, 3.05) is 30.8 Å². The number of nitrogen functional groups attached to an aromatic ring is 1. The molecule has 30 heavy (non-hydrogen) atoms. The second-order valence-corrected chi connectivity index (χ2v) is 6.87. The summed E-state index contributed by atoms with van der Waals surface area (Å²) < 4.78 is 6.04. The molecule has 0 spiro atoms. The van der Waals surface area contributed by atoms with Crippen molar-refractivity contribution >= 4 is 28.9 Å². The Kier molecular flexibility index (Phi) is 5.59. The van der Waals surface area contributed by atoms with E-state index >= 15 is 0 Å². The van der Waals surface area contributed by atoms with E-state index in [0.717, 1.165) is 0 Å². The number of amides is 1. The van der Waals surface area contributed by atoms with Crippen LogP contribution in [0.4, 0.5) is 17.1 Å². The number of nitrogens with zero attached hydrogens (tertiary/aromatic N) is 4. The molecule has 2 heterocycles. The van der Waals surface area contributed by atoms with Gasteiger partial charge in [-0.15, -0.1) is 0 Å². The Morgan fingerprint density at radius 3 is 2.53 bits per heavy atom. The number of nitro groups is 1. The summed E-state index contributed by atoms with van der Waals surface area (Å²) in [5.74, 6) is -1.38. The van der Waals surface area contributed by atoms with Gasteiger partial charge in [0.15, 0.2) is 5.69 Å². The summed E-state index contributed by atoms with van der Waals surface area (Å²) in [4.78, 5) is 36.6. The van der Waals surface area contributed by atoms with Crippen LogP contribution in [0.3, 0.4) is 0 Å². The summed E-state index contributed by atoms with van der Waals surface area (Å²) in [5.41, 5.74) is 11.6. The van der Waals surface area contributed by atoms with E-state index in [-0.39, 0.29) is 40.1 Å². The molecular weight excluding hydrogens is 392 g/mol. The largest absolute Gasteiger partial charge is 0.464 e. The monoisotopic (exact) mass is 412 g/mol. The van der Waals surface area contributed by atoms with Crippen LogP contribution in [-0.4, -0.2) is 41.6 Å². The van der Waals surface area contributed by atoms with Crippen LogP contribution in [0.25, 0.3) is 5.69 Å². The van der Waals surface area contributed by atoms with Crippen molar-refractivity contribution in [3.8, 4) is 11.8 Å². The molecule has 2 aromatic rings. The van der Waals surface area contributed by atoms with Crippen molar-refractivity contribution in [1.29, 1.82) is 5.26 Å². The van der Waals surface area contributed by atoms with Crippen molar-refractivity contribution in [1.82, 2.24) is 4.57 Å². The Balaban J connectivity index is 2.03. The number of nitriles is 1. The van der Waals surface area contributed by atoms with Crippen molar-refractivity contribution in [3.05, 3.63) is 45.8 Å². The van der Waals surface area contributed by atoms with E-state index < -0.39 is 10.9 Å². The average molecular weight is 412 g/mol. The molecule has 3 rings (SSSR count). The van der Waals surface area contributed by atoms with Gasteiger partial charge in [-0.25, -0.2) is 4.79 Å². The highest BCUT2D eigenvalue weighted by Crippen LogP contribution is 2.34. The third-order valence-electron chi connectivity index (χ3n) is 5.22. The van der Waals surface area contributed by atoms with Crippen LogP contribution in [-0.2, 0) is 9.53 Å².